The second-order valence-corrected chi connectivity index (χ2v) is 6.84. The largest absolute Gasteiger partial charge is 0.385 e. The van der Waals surface area contributed by atoms with Gasteiger partial charge in [0.25, 0.3) is 0 Å². The first-order chi connectivity index (χ1) is 13.4. The van der Waals surface area contributed by atoms with E-state index in [-0.39, 0.29) is 24.9 Å². The van der Waals surface area contributed by atoms with Gasteiger partial charge in [-0.1, -0.05) is 17.7 Å². The molecule has 0 atom stereocenters. The molecular weight excluding hydrogens is 358 g/mol. The number of hydrogen-bond acceptors (Lipinski definition) is 5. The van der Waals surface area contributed by atoms with Gasteiger partial charge in [0.2, 0.25) is 11.8 Å². The molecule has 0 fully saturated rings. The van der Waals surface area contributed by atoms with Crippen LogP contribution in [-0.2, 0) is 14.3 Å². The van der Waals surface area contributed by atoms with Crippen LogP contribution in [0.1, 0.15) is 17.7 Å². The summed E-state index contributed by atoms with van der Waals surface area (Å²) < 4.78 is 6.64. The SMILES string of the molecule is COCCCNC(=O)CN(C)CC(=O)Nc1cc(C)nn1-c1ccc(C)cc1. The number of aryl methyl sites for hydroxylation is 2. The lowest BCUT2D eigenvalue weighted by atomic mass is 10.2. The third-order valence-electron chi connectivity index (χ3n) is 4.05. The Balaban J connectivity index is 1.89. The molecule has 2 amide bonds. The summed E-state index contributed by atoms with van der Waals surface area (Å²) in [7, 11) is 3.36. The average molecular weight is 387 g/mol. The van der Waals surface area contributed by atoms with Crippen LogP contribution in [0.3, 0.4) is 0 Å². The van der Waals surface area contributed by atoms with Crippen LogP contribution >= 0.6 is 0 Å². The predicted molar refractivity (Wildman–Crippen MR) is 109 cm³/mol. The average Bonchev–Trinajstić information content (AvgIpc) is 2.99. The number of methoxy groups -OCH3 is 1. The zero-order chi connectivity index (χ0) is 20.5. The van der Waals surface area contributed by atoms with Gasteiger partial charge in [0.05, 0.1) is 24.5 Å². The first-order valence-corrected chi connectivity index (χ1v) is 9.27. The van der Waals surface area contributed by atoms with E-state index in [1.165, 1.54) is 0 Å². The highest BCUT2D eigenvalue weighted by Crippen LogP contribution is 2.17. The van der Waals surface area contributed by atoms with Gasteiger partial charge in [-0.25, -0.2) is 4.68 Å². The molecule has 2 N–H and O–H groups in total. The summed E-state index contributed by atoms with van der Waals surface area (Å²) in [6.45, 7) is 5.30. The molecule has 28 heavy (non-hydrogen) atoms. The number of likely N-dealkylation sites (N-methyl/N-ethyl adjacent to an activating group) is 1. The molecule has 0 unspecified atom stereocenters. The Morgan fingerprint density at radius 2 is 1.82 bits per heavy atom. The minimum Gasteiger partial charge on any atom is -0.385 e. The fourth-order valence-corrected chi connectivity index (χ4v) is 2.70. The van der Waals surface area contributed by atoms with Crippen molar-refractivity contribution >= 4 is 17.6 Å². The quantitative estimate of drug-likeness (QED) is 0.604. The smallest absolute Gasteiger partial charge is 0.239 e. The number of carbonyl (C=O) groups excluding carboxylic acids is 2. The van der Waals surface area contributed by atoms with Gasteiger partial charge in [0, 0.05) is 26.3 Å². The van der Waals surface area contributed by atoms with Crippen molar-refractivity contribution in [3.63, 3.8) is 0 Å². The van der Waals surface area contributed by atoms with Crippen LogP contribution in [0.25, 0.3) is 5.69 Å². The van der Waals surface area contributed by atoms with E-state index in [9.17, 15) is 9.59 Å². The highest BCUT2D eigenvalue weighted by Gasteiger charge is 2.14. The molecule has 1 heterocycles. The number of aromatic nitrogens is 2. The maximum absolute atomic E-state index is 12.4. The van der Waals surface area contributed by atoms with Crippen molar-refractivity contribution in [1.29, 1.82) is 0 Å². The summed E-state index contributed by atoms with van der Waals surface area (Å²) in [6.07, 6.45) is 0.759. The predicted octanol–water partition coefficient (Wildman–Crippen LogP) is 1.51. The van der Waals surface area contributed by atoms with Gasteiger partial charge in [0.1, 0.15) is 5.82 Å². The Morgan fingerprint density at radius 1 is 1.14 bits per heavy atom. The van der Waals surface area contributed by atoms with E-state index >= 15 is 0 Å². The molecule has 0 aliphatic rings. The highest BCUT2D eigenvalue weighted by atomic mass is 16.5. The zero-order valence-corrected chi connectivity index (χ0v) is 17.0. The van der Waals surface area contributed by atoms with Crippen molar-refractivity contribution in [3.05, 3.63) is 41.6 Å². The van der Waals surface area contributed by atoms with Crippen LogP contribution in [0.4, 0.5) is 5.82 Å². The Labute approximate surface area is 165 Å². The van der Waals surface area contributed by atoms with Crippen LogP contribution in [0.15, 0.2) is 30.3 Å². The summed E-state index contributed by atoms with van der Waals surface area (Å²) in [5, 5.41) is 10.1. The maximum Gasteiger partial charge on any atom is 0.239 e. The van der Waals surface area contributed by atoms with E-state index in [1.54, 1.807) is 23.7 Å². The molecule has 2 aromatic rings. The molecular formula is C20H29N5O3. The monoisotopic (exact) mass is 387 g/mol. The van der Waals surface area contributed by atoms with Gasteiger partial charge < -0.3 is 15.4 Å². The molecule has 1 aromatic carbocycles. The fraction of sp³-hybridized carbons (Fsp3) is 0.450. The third kappa shape index (κ3) is 6.79. The van der Waals surface area contributed by atoms with Gasteiger partial charge in [-0.15, -0.1) is 0 Å². The Bertz CT molecular complexity index is 786. The Morgan fingerprint density at radius 3 is 2.50 bits per heavy atom. The Kier molecular flexibility index (Phi) is 8.16. The number of hydrogen-bond donors (Lipinski definition) is 2. The second kappa shape index (κ2) is 10.6. The van der Waals surface area contributed by atoms with Gasteiger partial charge >= 0.3 is 0 Å². The molecule has 0 spiro atoms. The van der Waals surface area contributed by atoms with E-state index in [0.29, 0.717) is 19.0 Å². The lowest BCUT2D eigenvalue weighted by Gasteiger charge is -2.16. The lowest BCUT2D eigenvalue weighted by molar-refractivity contribution is -0.123. The molecule has 0 saturated carbocycles. The highest BCUT2D eigenvalue weighted by molar-refractivity contribution is 5.92. The number of carbonyl (C=O) groups is 2. The lowest BCUT2D eigenvalue weighted by Crippen LogP contribution is -2.39. The molecule has 8 nitrogen and oxygen atoms in total. The first-order valence-electron chi connectivity index (χ1n) is 9.27. The minimum atomic E-state index is -0.206. The summed E-state index contributed by atoms with van der Waals surface area (Å²) in [5.41, 5.74) is 2.83. The number of rotatable bonds is 10. The third-order valence-corrected chi connectivity index (χ3v) is 4.05. The standard InChI is InChI=1S/C20H29N5O3/c1-15-6-8-17(9-7-15)25-18(12-16(2)23-25)22-20(27)14-24(3)13-19(26)21-10-5-11-28-4/h6-9,12H,5,10-11,13-14H2,1-4H3,(H,21,26)(H,22,27). The number of nitrogens with zero attached hydrogens (tertiary/aromatic N) is 3. The van der Waals surface area contributed by atoms with Crippen molar-refractivity contribution in [2.75, 3.05) is 45.7 Å². The van der Waals surface area contributed by atoms with Gasteiger partial charge in [-0.05, 0) is 39.4 Å². The topological polar surface area (TPSA) is 88.5 Å². The molecule has 1 aromatic heterocycles. The molecule has 0 aliphatic carbocycles. The van der Waals surface area contributed by atoms with E-state index in [1.807, 2.05) is 44.2 Å². The van der Waals surface area contributed by atoms with Crippen LogP contribution in [0.2, 0.25) is 0 Å². The molecule has 0 aliphatic heterocycles. The van der Waals surface area contributed by atoms with Gasteiger partial charge in [-0.2, -0.15) is 5.10 Å². The van der Waals surface area contributed by atoms with Crippen molar-refractivity contribution in [2.24, 2.45) is 0 Å². The molecule has 0 radical (unpaired) electrons. The molecule has 0 saturated heterocycles. The zero-order valence-electron chi connectivity index (χ0n) is 17.0. The van der Waals surface area contributed by atoms with Crippen LogP contribution in [-0.4, -0.2) is 66.9 Å². The van der Waals surface area contributed by atoms with E-state index < -0.39 is 0 Å². The summed E-state index contributed by atoms with van der Waals surface area (Å²) in [4.78, 5) is 26.0. The maximum atomic E-state index is 12.4. The van der Waals surface area contributed by atoms with Crippen LogP contribution < -0.4 is 10.6 Å². The van der Waals surface area contributed by atoms with E-state index in [4.69, 9.17) is 4.74 Å². The normalized spacial score (nSPS) is 10.9. The molecule has 2 rings (SSSR count). The number of anilines is 1. The van der Waals surface area contributed by atoms with Gasteiger partial charge in [-0.3, -0.25) is 14.5 Å². The first kappa shape index (κ1) is 21.6. The number of ether oxygens (including phenoxy) is 1. The molecule has 0 bridgehead atoms. The number of amides is 2. The minimum absolute atomic E-state index is 0.101. The van der Waals surface area contributed by atoms with E-state index in [0.717, 1.165) is 23.4 Å². The summed E-state index contributed by atoms with van der Waals surface area (Å²) in [5.74, 6) is 0.277. The molecule has 152 valence electrons. The van der Waals surface area contributed by atoms with Gasteiger partial charge in [0.15, 0.2) is 0 Å². The van der Waals surface area contributed by atoms with Crippen molar-refractivity contribution < 1.29 is 14.3 Å². The van der Waals surface area contributed by atoms with Crippen molar-refractivity contribution in [1.82, 2.24) is 20.0 Å². The van der Waals surface area contributed by atoms with Crippen LogP contribution in [0.5, 0.6) is 0 Å². The van der Waals surface area contributed by atoms with Crippen molar-refractivity contribution in [2.45, 2.75) is 20.3 Å². The summed E-state index contributed by atoms with van der Waals surface area (Å²) >= 11 is 0. The number of nitrogens with one attached hydrogen (secondary N) is 2. The second-order valence-electron chi connectivity index (χ2n) is 6.84. The van der Waals surface area contributed by atoms with Crippen LogP contribution in [0, 0.1) is 13.8 Å². The fourth-order valence-electron chi connectivity index (χ4n) is 2.70. The van der Waals surface area contributed by atoms with E-state index in [2.05, 4.69) is 15.7 Å². The number of benzene rings is 1. The van der Waals surface area contributed by atoms with Crippen molar-refractivity contribution in [3.8, 4) is 5.69 Å². The molecule has 8 heteroatoms. The summed E-state index contributed by atoms with van der Waals surface area (Å²) in [6, 6.07) is 9.73. The Hall–Kier alpha value is -2.71.